The predicted molar refractivity (Wildman–Crippen MR) is 64.8 cm³/mol. The van der Waals surface area contributed by atoms with Crippen LogP contribution in [-0.4, -0.2) is 98.4 Å². The van der Waals surface area contributed by atoms with E-state index in [0.717, 1.165) is 0 Å². The van der Waals surface area contributed by atoms with Gasteiger partial charge in [0, 0.05) is 0 Å². The first-order chi connectivity index (χ1) is 3.71. The maximum atomic E-state index is 9.63. The topological polar surface area (TPSA) is 408 Å². The number of phosphoric acid groups is 2. The zero-order chi connectivity index (χ0) is 7.71. The summed E-state index contributed by atoms with van der Waals surface area (Å²) in [6, 6.07) is 0. The molecule has 22 N–H and O–H groups in total. The van der Waals surface area contributed by atoms with Crippen molar-refractivity contribution >= 4 is 45.2 Å². The van der Waals surface area contributed by atoms with Gasteiger partial charge in [-0.05, 0) is 0 Å². The Labute approximate surface area is 128 Å². The predicted octanol–water partition coefficient (Wildman–Crippen LogP) is -8.88. The quantitative estimate of drug-likeness (QED) is 0.270. The molecular weight excluding hydrogens is 341 g/mol. The number of rotatable bonds is 2. The van der Waals surface area contributed by atoms with E-state index in [2.05, 4.69) is 4.31 Å². The number of hydrogen-bond donors (Lipinski definition) is 4. The standard InChI is InChI=1S/Na.H4O7P2.9H2O.H/c;1-8(2,3)7-9(4,5)6;;;;;;;;;;/h;(H2,1,2,3)(H2,4,5,6);9*1H2;. The molecule has 0 aliphatic heterocycles. The third-order valence-electron chi connectivity index (χ3n) is 0.213. The Morgan fingerprint density at radius 3 is 0.632 bits per heavy atom. The third-order valence-corrected chi connectivity index (χ3v) is 1.91. The van der Waals surface area contributed by atoms with E-state index in [1.54, 1.807) is 0 Å². The van der Waals surface area contributed by atoms with Crippen LogP contribution in [0.3, 0.4) is 0 Å². The van der Waals surface area contributed by atoms with Crippen molar-refractivity contribution in [2.24, 2.45) is 0 Å². The van der Waals surface area contributed by atoms with Gasteiger partial charge < -0.3 is 68.9 Å². The molecule has 0 rings (SSSR count). The summed E-state index contributed by atoms with van der Waals surface area (Å²) >= 11 is 0. The summed E-state index contributed by atoms with van der Waals surface area (Å²) < 4.78 is 22.2. The Kier molecular flexibility index (Phi) is 148. The van der Waals surface area contributed by atoms with Gasteiger partial charge in [-0.2, -0.15) is 4.31 Å². The Hall–Kier alpha value is 0.900. The van der Waals surface area contributed by atoms with Gasteiger partial charge in [-0.3, -0.25) is 0 Å². The molecule has 16 nitrogen and oxygen atoms in total. The zero-order valence-electron chi connectivity index (χ0n) is 8.41. The third kappa shape index (κ3) is 113. The minimum absolute atomic E-state index is 0. The van der Waals surface area contributed by atoms with Crippen LogP contribution in [0.4, 0.5) is 0 Å². The van der Waals surface area contributed by atoms with Crippen LogP contribution in [-0.2, 0) is 13.4 Å². The molecule has 0 saturated heterocycles. The summed E-state index contributed by atoms with van der Waals surface area (Å²) in [5.41, 5.74) is 0. The summed E-state index contributed by atoms with van der Waals surface area (Å²) in [5.74, 6) is 0. The van der Waals surface area contributed by atoms with Crippen LogP contribution >= 0.6 is 15.6 Å². The molecule has 0 spiro atoms. The van der Waals surface area contributed by atoms with Crippen molar-refractivity contribution in [1.29, 1.82) is 0 Å². The molecule has 0 aromatic heterocycles. The van der Waals surface area contributed by atoms with E-state index in [4.69, 9.17) is 19.6 Å². The van der Waals surface area contributed by atoms with E-state index in [1.807, 2.05) is 0 Å². The molecule has 0 aliphatic rings. The second-order valence-corrected chi connectivity index (χ2v) is 3.68. The van der Waals surface area contributed by atoms with Gasteiger partial charge in [0.15, 0.2) is 0 Å². The van der Waals surface area contributed by atoms with Crippen LogP contribution in [0.25, 0.3) is 0 Å². The molecule has 130 valence electrons. The van der Waals surface area contributed by atoms with Gasteiger partial charge in [0.1, 0.15) is 0 Å². The van der Waals surface area contributed by atoms with E-state index < -0.39 is 15.6 Å². The van der Waals surface area contributed by atoms with Gasteiger partial charge in [0.05, 0.1) is 0 Å². The summed E-state index contributed by atoms with van der Waals surface area (Å²) in [4.78, 5) is 31.0. The summed E-state index contributed by atoms with van der Waals surface area (Å²) in [6.45, 7) is 0. The molecule has 0 aromatic rings. The molecule has 0 heterocycles. The Morgan fingerprint density at radius 1 is 0.526 bits per heavy atom. The van der Waals surface area contributed by atoms with E-state index in [0.29, 0.717) is 0 Å². The van der Waals surface area contributed by atoms with Crippen LogP contribution in [0.15, 0.2) is 0 Å². The average molecular weight is 364 g/mol. The molecule has 0 amide bonds. The van der Waals surface area contributed by atoms with Crippen molar-refractivity contribution in [2.75, 3.05) is 0 Å². The normalized spacial score (nSPS) is 6.53. The summed E-state index contributed by atoms with van der Waals surface area (Å²) in [6.07, 6.45) is 0. The first kappa shape index (κ1) is 89.7. The molecule has 0 atom stereocenters. The second kappa shape index (κ2) is 31.3. The van der Waals surface area contributed by atoms with Crippen molar-refractivity contribution in [1.82, 2.24) is 0 Å². The minimum atomic E-state index is -5.05. The molecule has 0 saturated carbocycles. The van der Waals surface area contributed by atoms with Crippen LogP contribution in [0, 0.1) is 0 Å². The Bertz CT molecular complexity index is 155. The first-order valence-electron chi connectivity index (χ1n) is 1.53. The van der Waals surface area contributed by atoms with Gasteiger partial charge in [-0.25, -0.2) is 9.13 Å². The summed E-state index contributed by atoms with van der Waals surface area (Å²) in [5, 5.41) is 0. The Morgan fingerprint density at radius 2 is 0.632 bits per heavy atom. The second-order valence-electron chi connectivity index (χ2n) is 1.06. The van der Waals surface area contributed by atoms with Gasteiger partial charge in [-0.15, -0.1) is 0 Å². The van der Waals surface area contributed by atoms with Crippen LogP contribution in [0.5, 0.6) is 0 Å². The zero-order valence-corrected chi connectivity index (χ0v) is 10.2. The van der Waals surface area contributed by atoms with Crippen molar-refractivity contribution in [3.05, 3.63) is 0 Å². The molecule has 19 heteroatoms. The monoisotopic (exact) mass is 364 g/mol. The fourth-order valence-corrected chi connectivity index (χ4v) is 1.25. The molecule has 0 bridgehead atoms. The summed E-state index contributed by atoms with van der Waals surface area (Å²) in [7, 11) is -10.1. The Balaban J connectivity index is -0.00000000711. The van der Waals surface area contributed by atoms with Crippen LogP contribution in [0.2, 0.25) is 0 Å². The van der Waals surface area contributed by atoms with Crippen LogP contribution in [0.1, 0.15) is 0 Å². The first-order valence-corrected chi connectivity index (χ1v) is 4.59. The van der Waals surface area contributed by atoms with Crippen molar-refractivity contribution in [3.8, 4) is 0 Å². The SMILES string of the molecule is O.O.O.O.O.O.O.O.O.O=P(O)(O)OP(=O)(O)O.[NaH]. The van der Waals surface area contributed by atoms with Crippen LogP contribution < -0.4 is 0 Å². The van der Waals surface area contributed by atoms with Gasteiger partial charge in [0.25, 0.3) is 0 Å². The molecule has 0 unspecified atom stereocenters. The number of hydrogen-bond acceptors (Lipinski definition) is 3. The van der Waals surface area contributed by atoms with Crippen molar-refractivity contribution in [3.63, 3.8) is 0 Å². The van der Waals surface area contributed by atoms with Gasteiger partial charge >= 0.3 is 45.2 Å². The van der Waals surface area contributed by atoms with E-state index in [1.165, 1.54) is 0 Å². The molecule has 0 radical (unpaired) electrons. The van der Waals surface area contributed by atoms with E-state index in [9.17, 15) is 9.13 Å². The fourth-order valence-electron chi connectivity index (χ4n) is 0.139. The maximum absolute atomic E-state index is 9.63. The molecule has 19 heavy (non-hydrogen) atoms. The molecule has 0 fully saturated rings. The average Bonchev–Trinajstić information content (AvgIpc) is 1.14. The van der Waals surface area contributed by atoms with Gasteiger partial charge in [0.2, 0.25) is 0 Å². The van der Waals surface area contributed by atoms with E-state index in [-0.39, 0.29) is 78.8 Å². The molecule has 0 aromatic carbocycles. The fraction of sp³-hybridized carbons (Fsp3) is 0. The van der Waals surface area contributed by atoms with Crippen molar-refractivity contribution in [2.45, 2.75) is 0 Å². The molecular formula is H23NaO16P2. The molecule has 0 aliphatic carbocycles. The van der Waals surface area contributed by atoms with Gasteiger partial charge in [-0.1, -0.05) is 0 Å². The van der Waals surface area contributed by atoms with E-state index >= 15 is 0 Å². The van der Waals surface area contributed by atoms with Crippen molar-refractivity contribution < 1.29 is 82.3 Å².